The summed E-state index contributed by atoms with van der Waals surface area (Å²) in [7, 11) is 0. The minimum absolute atomic E-state index is 0.0133. The lowest BCUT2D eigenvalue weighted by atomic mass is 10.1. The Bertz CT molecular complexity index is 1310. The number of hydrogen-bond donors (Lipinski definition) is 0. The Morgan fingerprint density at radius 3 is 0.963 bits per heavy atom. The van der Waals surface area contributed by atoms with Gasteiger partial charge in [0.1, 0.15) is 11.5 Å². The zero-order valence-electron chi connectivity index (χ0n) is 34.8. The van der Waals surface area contributed by atoms with Gasteiger partial charge in [0.05, 0.1) is 11.1 Å². The summed E-state index contributed by atoms with van der Waals surface area (Å²) in [5.74, 6) is 0.512. The van der Waals surface area contributed by atoms with Crippen LogP contribution in [0.2, 0.25) is 0 Å². The van der Waals surface area contributed by atoms with Crippen molar-refractivity contribution in [3.05, 3.63) is 59.0 Å². The molecule has 4 rings (SSSR count). The first-order chi connectivity index (χ1) is 26.5. The van der Waals surface area contributed by atoms with Gasteiger partial charge in [0, 0.05) is 49.7 Å². The molecule has 0 N–H and O–H groups in total. The van der Waals surface area contributed by atoms with Crippen molar-refractivity contribution in [3.63, 3.8) is 0 Å². The fourth-order valence-corrected chi connectivity index (χ4v) is 7.89. The average molecular weight is 743 g/mol. The van der Waals surface area contributed by atoms with Gasteiger partial charge >= 0.3 is 0 Å². The zero-order valence-corrected chi connectivity index (χ0v) is 34.8. The average Bonchev–Trinajstić information content (AvgIpc) is 3.69. The number of allylic oxidation sites excluding steroid dienone is 2. The van der Waals surface area contributed by atoms with E-state index in [4.69, 9.17) is 9.47 Å². The van der Waals surface area contributed by atoms with E-state index < -0.39 is 0 Å². The van der Waals surface area contributed by atoms with Crippen molar-refractivity contribution in [2.75, 3.05) is 36.0 Å². The molecule has 0 bridgehead atoms. The molecule has 6 heteroatoms. The Labute approximate surface area is 329 Å². The molecule has 0 radical (unpaired) electrons. The zero-order chi connectivity index (χ0) is 38.4. The van der Waals surface area contributed by atoms with Gasteiger partial charge in [-0.3, -0.25) is 9.59 Å². The van der Waals surface area contributed by atoms with Crippen LogP contribution >= 0.6 is 0 Å². The van der Waals surface area contributed by atoms with E-state index in [2.05, 4.69) is 49.6 Å². The lowest BCUT2D eigenvalue weighted by molar-refractivity contribution is 0.0960. The van der Waals surface area contributed by atoms with Crippen molar-refractivity contribution in [1.82, 2.24) is 0 Å². The van der Waals surface area contributed by atoms with Crippen molar-refractivity contribution in [2.24, 2.45) is 0 Å². The van der Waals surface area contributed by atoms with Crippen molar-refractivity contribution in [1.29, 1.82) is 0 Å². The number of carbonyl (C=O) groups excluding carboxylic acids is 2. The van der Waals surface area contributed by atoms with Crippen LogP contribution in [0, 0.1) is 0 Å². The van der Waals surface area contributed by atoms with E-state index in [-0.39, 0.29) is 23.1 Å². The number of unbranched alkanes of at least 4 members (excludes halogenated alkanes) is 20. The number of anilines is 2. The first kappa shape index (κ1) is 43.4. The van der Waals surface area contributed by atoms with Gasteiger partial charge < -0.3 is 19.3 Å². The largest absolute Gasteiger partial charge is 0.448 e. The maximum absolute atomic E-state index is 13.7. The van der Waals surface area contributed by atoms with E-state index in [1.807, 2.05) is 24.3 Å². The number of ketones is 2. The number of hydrogen-bond acceptors (Lipinski definition) is 6. The lowest BCUT2D eigenvalue weighted by Gasteiger charge is -2.25. The van der Waals surface area contributed by atoms with Crippen LogP contribution < -0.4 is 19.3 Å². The highest BCUT2D eigenvalue weighted by atomic mass is 16.5. The fourth-order valence-electron chi connectivity index (χ4n) is 7.89. The molecule has 0 aromatic heterocycles. The molecule has 2 aromatic carbocycles. The summed E-state index contributed by atoms with van der Waals surface area (Å²) in [4.78, 5) is 32.4. The monoisotopic (exact) mass is 743 g/mol. The topological polar surface area (TPSA) is 59.1 Å². The van der Waals surface area contributed by atoms with Gasteiger partial charge in [0.25, 0.3) is 0 Å². The molecule has 0 spiro atoms. The van der Waals surface area contributed by atoms with Crippen molar-refractivity contribution >= 4 is 22.9 Å². The van der Waals surface area contributed by atoms with Crippen molar-refractivity contribution < 1.29 is 19.1 Å². The fraction of sp³-hybridized carbons (Fsp3) is 0.667. The second kappa shape index (κ2) is 25.0. The van der Waals surface area contributed by atoms with Crippen LogP contribution in [0.25, 0.3) is 0 Å². The Hall–Kier alpha value is -3.28. The van der Waals surface area contributed by atoms with Crippen LogP contribution in [0.5, 0.6) is 11.5 Å². The van der Waals surface area contributed by atoms with Crippen LogP contribution in [0.1, 0.15) is 203 Å². The first-order valence-electron chi connectivity index (χ1n) is 22.5. The lowest BCUT2D eigenvalue weighted by Crippen LogP contribution is -2.25. The molecule has 54 heavy (non-hydrogen) atoms. The molecular formula is C48H74N2O4. The van der Waals surface area contributed by atoms with E-state index >= 15 is 0 Å². The molecule has 2 aromatic rings. The standard InChI is InChI=1S/C48H74N2O4/c1-5-9-13-17-21-25-33-49(34-26-22-18-14-10-6-2)39-29-31-41-43(37-39)53-47(45(41)51)48-46(52)42-32-30-40(38-44(42)54-48)50(35-27-23-19-15-11-7-3)36-28-24-20-16-12-8-4/h29-32,37-38H,5-28,33-36H2,1-4H3/b48-47+. The van der Waals surface area contributed by atoms with Gasteiger partial charge in [0.15, 0.2) is 0 Å². The molecule has 0 amide bonds. The number of nitrogens with zero attached hydrogens (tertiary/aromatic N) is 2. The number of fused-ring (bicyclic) bond motifs is 2. The predicted octanol–water partition coefficient (Wildman–Crippen LogP) is 13.8. The molecule has 0 saturated heterocycles. The van der Waals surface area contributed by atoms with Crippen molar-refractivity contribution in [2.45, 2.75) is 182 Å². The Balaban J connectivity index is 1.45. The summed E-state index contributed by atoms with van der Waals surface area (Å²) in [6, 6.07) is 11.9. The van der Waals surface area contributed by atoms with E-state index in [9.17, 15) is 9.59 Å². The summed E-state index contributed by atoms with van der Waals surface area (Å²) < 4.78 is 12.5. The van der Waals surface area contributed by atoms with E-state index in [0.29, 0.717) is 22.6 Å². The highest BCUT2D eigenvalue weighted by molar-refractivity contribution is 6.21. The van der Waals surface area contributed by atoms with Gasteiger partial charge in [-0.15, -0.1) is 0 Å². The Kier molecular flexibility index (Phi) is 20.1. The number of rotatable bonds is 30. The molecule has 0 aliphatic carbocycles. The van der Waals surface area contributed by atoms with Crippen LogP contribution in [0.4, 0.5) is 11.4 Å². The Morgan fingerprint density at radius 2 is 0.667 bits per heavy atom. The van der Waals surface area contributed by atoms with Crippen LogP contribution in [0.3, 0.4) is 0 Å². The molecule has 0 fully saturated rings. The summed E-state index contributed by atoms with van der Waals surface area (Å²) in [5.41, 5.74) is 3.16. The maximum Gasteiger partial charge on any atom is 0.236 e. The molecule has 0 atom stereocenters. The normalized spacial score (nSPS) is 14.7. The number of Topliss-reactive ketones (excluding diaryl/α,β-unsaturated/α-hetero) is 2. The summed E-state index contributed by atoms with van der Waals surface area (Å²) >= 11 is 0. The second-order valence-electron chi connectivity index (χ2n) is 15.9. The van der Waals surface area contributed by atoms with Gasteiger partial charge in [-0.1, -0.05) is 156 Å². The van der Waals surface area contributed by atoms with Gasteiger partial charge in [-0.25, -0.2) is 0 Å². The van der Waals surface area contributed by atoms with E-state index in [1.54, 1.807) is 0 Å². The van der Waals surface area contributed by atoms with Crippen LogP contribution in [0.15, 0.2) is 47.9 Å². The third-order valence-electron chi connectivity index (χ3n) is 11.3. The third kappa shape index (κ3) is 13.5. The predicted molar refractivity (Wildman–Crippen MR) is 228 cm³/mol. The van der Waals surface area contributed by atoms with Gasteiger partial charge in [-0.05, 0) is 49.9 Å². The molecule has 6 nitrogen and oxygen atoms in total. The summed E-state index contributed by atoms with van der Waals surface area (Å²) in [5, 5.41) is 0. The highest BCUT2D eigenvalue weighted by Crippen LogP contribution is 2.41. The number of carbonyl (C=O) groups is 2. The quantitative estimate of drug-likeness (QED) is 0.0587. The van der Waals surface area contributed by atoms with Gasteiger partial charge in [-0.2, -0.15) is 0 Å². The number of ether oxygens (including phenoxy) is 2. The highest BCUT2D eigenvalue weighted by Gasteiger charge is 2.39. The smallest absolute Gasteiger partial charge is 0.236 e. The molecule has 2 aliphatic rings. The molecule has 0 saturated carbocycles. The van der Waals surface area contributed by atoms with Crippen LogP contribution in [-0.2, 0) is 0 Å². The van der Waals surface area contributed by atoms with Gasteiger partial charge in [0.2, 0.25) is 23.1 Å². The summed E-state index contributed by atoms with van der Waals surface area (Å²) in [6.07, 6.45) is 30.2. The molecule has 2 heterocycles. The van der Waals surface area contributed by atoms with E-state index in [0.717, 1.165) is 63.2 Å². The third-order valence-corrected chi connectivity index (χ3v) is 11.3. The molecule has 0 unspecified atom stereocenters. The summed E-state index contributed by atoms with van der Waals surface area (Å²) in [6.45, 7) is 13.0. The minimum atomic E-state index is -0.279. The molecular weight excluding hydrogens is 669 g/mol. The van der Waals surface area contributed by atoms with E-state index in [1.165, 1.54) is 128 Å². The minimum Gasteiger partial charge on any atom is -0.448 e. The SMILES string of the molecule is CCCCCCCCN(CCCCCCCC)c1ccc2c(c1)O/C(=C1/Oc3cc(N(CCCCCCCC)CCCCCCCC)ccc3C1=O)C2=O. The second-order valence-corrected chi connectivity index (χ2v) is 15.9. The first-order valence-corrected chi connectivity index (χ1v) is 22.5. The Morgan fingerprint density at radius 1 is 0.389 bits per heavy atom. The van der Waals surface area contributed by atoms with Crippen molar-refractivity contribution in [3.8, 4) is 11.5 Å². The molecule has 300 valence electrons. The molecule has 2 aliphatic heterocycles. The maximum atomic E-state index is 13.7. The number of benzene rings is 2. The van der Waals surface area contributed by atoms with Crippen LogP contribution in [-0.4, -0.2) is 37.7 Å².